The average molecular weight is 248 g/mol. The Morgan fingerprint density at radius 1 is 1.54 bits per heavy atom. The van der Waals surface area contributed by atoms with E-state index >= 15 is 0 Å². The van der Waals surface area contributed by atoms with E-state index in [9.17, 15) is 0 Å². The van der Waals surface area contributed by atoms with Crippen molar-refractivity contribution in [1.29, 1.82) is 0 Å². The first kappa shape index (κ1) is 10.7. The largest absolute Gasteiger partial charge is 0.337 e. The van der Waals surface area contributed by atoms with Crippen LogP contribution in [0.1, 0.15) is 18.3 Å². The monoisotopic (exact) mass is 248 g/mol. The number of nitrogens with zero attached hydrogens (tertiary/aromatic N) is 2. The van der Waals surface area contributed by atoms with E-state index in [0.29, 0.717) is 0 Å². The van der Waals surface area contributed by atoms with Crippen molar-refractivity contribution in [3.8, 4) is 0 Å². The molecular formula is C10H11N2Y-. The Balaban J connectivity index is 0.000000845. The summed E-state index contributed by atoms with van der Waals surface area (Å²) in [7, 11) is 0. The fourth-order valence-electron chi connectivity index (χ4n) is 1.33. The van der Waals surface area contributed by atoms with Crippen molar-refractivity contribution in [2.75, 3.05) is 0 Å². The normalized spacial score (nSPS) is 9.92. The third-order valence-electron chi connectivity index (χ3n) is 1.99. The van der Waals surface area contributed by atoms with Crippen molar-refractivity contribution < 1.29 is 32.7 Å². The topological polar surface area (TPSA) is 17.3 Å². The van der Waals surface area contributed by atoms with Gasteiger partial charge in [-0.25, -0.2) is 6.92 Å². The minimum atomic E-state index is 0. The Hall–Kier alpha value is -0.336. The molecule has 0 N–H and O–H groups in total. The summed E-state index contributed by atoms with van der Waals surface area (Å²) in [6.45, 7) is 6.05. The SMILES string of the molecule is [CH2-]c1cc(CC)nc2cccn12.[Y]. The van der Waals surface area contributed by atoms with Crippen LogP contribution in [0, 0.1) is 6.92 Å². The van der Waals surface area contributed by atoms with Gasteiger partial charge >= 0.3 is 0 Å². The van der Waals surface area contributed by atoms with Crippen molar-refractivity contribution in [2.24, 2.45) is 0 Å². The van der Waals surface area contributed by atoms with E-state index in [0.717, 1.165) is 23.5 Å². The second-order valence-corrected chi connectivity index (χ2v) is 2.83. The van der Waals surface area contributed by atoms with Crippen LogP contribution in [0.3, 0.4) is 0 Å². The van der Waals surface area contributed by atoms with Crippen LogP contribution in [-0.2, 0) is 39.1 Å². The summed E-state index contributed by atoms with van der Waals surface area (Å²) >= 11 is 0. The quantitative estimate of drug-likeness (QED) is 0.706. The molecule has 3 heteroatoms. The maximum Gasteiger partial charge on any atom is 0.132 e. The molecule has 0 atom stereocenters. The summed E-state index contributed by atoms with van der Waals surface area (Å²) < 4.78 is 1.99. The maximum absolute atomic E-state index is 4.44. The Morgan fingerprint density at radius 3 is 3.00 bits per heavy atom. The van der Waals surface area contributed by atoms with Gasteiger partial charge in [0.15, 0.2) is 0 Å². The van der Waals surface area contributed by atoms with E-state index in [1.165, 1.54) is 0 Å². The van der Waals surface area contributed by atoms with Gasteiger partial charge < -0.3 is 4.40 Å². The fraction of sp³-hybridized carbons (Fsp3) is 0.200. The predicted molar refractivity (Wildman–Crippen MR) is 49.0 cm³/mol. The molecule has 0 aliphatic heterocycles. The number of aromatic nitrogens is 2. The maximum atomic E-state index is 4.44. The molecule has 2 heterocycles. The van der Waals surface area contributed by atoms with Crippen molar-refractivity contribution >= 4 is 5.65 Å². The average Bonchev–Trinajstić information content (AvgIpc) is 2.52. The van der Waals surface area contributed by atoms with Gasteiger partial charge in [-0.05, 0) is 24.2 Å². The predicted octanol–water partition coefficient (Wildman–Crippen LogP) is 2.08. The van der Waals surface area contributed by atoms with Gasteiger partial charge in [-0.1, -0.05) is 6.92 Å². The molecule has 13 heavy (non-hydrogen) atoms. The third kappa shape index (κ3) is 1.95. The molecule has 0 saturated carbocycles. The van der Waals surface area contributed by atoms with Crippen LogP contribution in [0.4, 0.5) is 0 Å². The van der Waals surface area contributed by atoms with Crippen LogP contribution in [0.25, 0.3) is 5.65 Å². The number of hydrogen-bond acceptors (Lipinski definition) is 1. The molecule has 0 fully saturated rings. The zero-order chi connectivity index (χ0) is 8.55. The molecule has 0 aromatic carbocycles. The van der Waals surface area contributed by atoms with Crippen molar-refractivity contribution in [3.05, 3.63) is 42.7 Å². The second kappa shape index (κ2) is 4.25. The Morgan fingerprint density at radius 2 is 2.31 bits per heavy atom. The van der Waals surface area contributed by atoms with Crippen molar-refractivity contribution in [1.82, 2.24) is 9.38 Å². The third-order valence-corrected chi connectivity index (χ3v) is 1.99. The molecule has 0 amide bonds. The standard InChI is InChI=1S/C10H11N2.Y/c1-3-9-7-8(2)12-6-4-5-10(12)11-9;/h4-7H,2-3H2,1H3;/q-1;. The smallest absolute Gasteiger partial charge is 0.132 e. The number of fused-ring (bicyclic) bond motifs is 1. The van der Waals surface area contributed by atoms with Gasteiger partial charge in [-0.15, -0.1) is 5.69 Å². The molecule has 2 aromatic heterocycles. The van der Waals surface area contributed by atoms with Gasteiger partial charge in [0, 0.05) is 38.9 Å². The molecule has 2 aromatic rings. The van der Waals surface area contributed by atoms with Gasteiger partial charge in [0.1, 0.15) is 5.65 Å². The molecule has 0 saturated heterocycles. The van der Waals surface area contributed by atoms with Gasteiger partial charge in [-0.3, -0.25) is 4.98 Å². The molecule has 0 bridgehead atoms. The first-order valence-corrected chi connectivity index (χ1v) is 4.10. The Kier molecular flexibility index (Phi) is 3.51. The molecule has 65 valence electrons. The van der Waals surface area contributed by atoms with Gasteiger partial charge in [0.25, 0.3) is 0 Å². The van der Waals surface area contributed by atoms with Gasteiger partial charge in [-0.2, -0.15) is 6.07 Å². The van der Waals surface area contributed by atoms with Crippen LogP contribution in [-0.4, -0.2) is 9.38 Å². The van der Waals surface area contributed by atoms with E-state index in [1.807, 2.05) is 28.8 Å². The minimum absolute atomic E-state index is 0. The van der Waals surface area contributed by atoms with Crippen molar-refractivity contribution in [3.63, 3.8) is 0 Å². The Labute approximate surface area is 103 Å². The van der Waals surface area contributed by atoms with Crippen LogP contribution >= 0.6 is 0 Å². The van der Waals surface area contributed by atoms with E-state index in [2.05, 4.69) is 18.8 Å². The van der Waals surface area contributed by atoms with E-state index in [-0.39, 0.29) is 32.7 Å². The molecule has 0 aliphatic rings. The van der Waals surface area contributed by atoms with Crippen LogP contribution in [0.2, 0.25) is 0 Å². The van der Waals surface area contributed by atoms with Gasteiger partial charge in [0.05, 0.1) is 0 Å². The van der Waals surface area contributed by atoms with E-state index in [4.69, 9.17) is 0 Å². The Bertz CT molecular complexity index is 406. The van der Waals surface area contributed by atoms with Crippen LogP contribution in [0.5, 0.6) is 0 Å². The van der Waals surface area contributed by atoms with E-state index < -0.39 is 0 Å². The van der Waals surface area contributed by atoms with E-state index in [1.54, 1.807) is 0 Å². The first-order chi connectivity index (χ1) is 5.81. The molecule has 1 radical (unpaired) electrons. The summed E-state index contributed by atoms with van der Waals surface area (Å²) in [5.41, 5.74) is 3.09. The van der Waals surface area contributed by atoms with Crippen LogP contribution < -0.4 is 0 Å². The molecule has 2 rings (SSSR count). The molecular weight excluding hydrogens is 237 g/mol. The summed E-state index contributed by atoms with van der Waals surface area (Å²) in [5, 5.41) is 0. The van der Waals surface area contributed by atoms with Crippen molar-refractivity contribution in [2.45, 2.75) is 13.3 Å². The summed E-state index contributed by atoms with van der Waals surface area (Å²) in [4.78, 5) is 4.44. The second-order valence-electron chi connectivity index (χ2n) is 2.83. The minimum Gasteiger partial charge on any atom is -0.337 e. The zero-order valence-electron chi connectivity index (χ0n) is 7.70. The first-order valence-electron chi connectivity index (χ1n) is 4.10. The zero-order valence-corrected chi connectivity index (χ0v) is 10.5. The summed E-state index contributed by atoms with van der Waals surface area (Å²) in [6.07, 6.45) is 2.94. The molecule has 0 spiro atoms. The van der Waals surface area contributed by atoms with Crippen LogP contribution in [0.15, 0.2) is 24.4 Å². The van der Waals surface area contributed by atoms with Gasteiger partial charge in [0.2, 0.25) is 0 Å². The fourth-order valence-corrected chi connectivity index (χ4v) is 1.33. The molecule has 0 aliphatic carbocycles. The summed E-state index contributed by atoms with van der Waals surface area (Å²) in [5.74, 6) is 0. The number of rotatable bonds is 1. The number of hydrogen-bond donors (Lipinski definition) is 0. The molecule has 0 unspecified atom stereocenters. The molecule has 2 nitrogen and oxygen atoms in total. The summed E-state index contributed by atoms with van der Waals surface area (Å²) in [6, 6.07) is 6.00. The number of aryl methyl sites for hydroxylation is 1.